The van der Waals surface area contributed by atoms with E-state index >= 15 is 0 Å². The first-order valence-electron chi connectivity index (χ1n) is 8.29. The van der Waals surface area contributed by atoms with E-state index in [2.05, 4.69) is 23.1 Å². The molecule has 0 fully saturated rings. The van der Waals surface area contributed by atoms with Gasteiger partial charge in [-0.1, -0.05) is 6.07 Å². The van der Waals surface area contributed by atoms with Crippen LogP contribution in [0, 0.1) is 0 Å². The van der Waals surface area contributed by atoms with Crippen molar-refractivity contribution in [1.82, 2.24) is 4.90 Å². The first-order valence-corrected chi connectivity index (χ1v) is 8.29. The summed E-state index contributed by atoms with van der Waals surface area (Å²) in [7, 11) is 1.59. The molecule has 3 heterocycles. The number of hydrogen-bond acceptors (Lipinski definition) is 5. The average Bonchev–Trinajstić information content (AvgIpc) is 3.06. The number of methoxy groups -OCH3 is 1. The highest BCUT2D eigenvalue weighted by Gasteiger charge is 2.35. The third-order valence-electron chi connectivity index (χ3n) is 5.44. The fourth-order valence-electron chi connectivity index (χ4n) is 4.17. The summed E-state index contributed by atoms with van der Waals surface area (Å²) < 4.78 is 16.3. The number of benzene rings is 2. The van der Waals surface area contributed by atoms with Crippen LogP contribution in [0.2, 0.25) is 0 Å². The molecule has 0 spiro atoms. The first-order chi connectivity index (χ1) is 11.7. The van der Waals surface area contributed by atoms with Gasteiger partial charge in [-0.15, -0.1) is 0 Å². The van der Waals surface area contributed by atoms with Gasteiger partial charge in [0.05, 0.1) is 7.11 Å². The average molecular weight is 325 g/mol. The number of fused-ring (bicyclic) bond motifs is 5. The van der Waals surface area contributed by atoms with Crippen LogP contribution in [0.25, 0.3) is 0 Å². The second-order valence-corrected chi connectivity index (χ2v) is 6.60. The molecule has 1 N–H and O–H groups in total. The lowest BCUT2D eigenvalue weighted by Crippen LogP contribution is -2.39. The van der Waals surface area contributed by atoms with Crippen molar-refractivity contribution >= 4 is 0 Å². The molecule has 3 aliphatic heterocycles. The molecule has 0 saturated heterocycles. The fraction of sp³-hybridized carbons (Fsp3) is 0.368. The maximum Gasteiger partial charge on any atom is 0.231 e. The Morgan fingerprint density at radius 3 is 2.83 bits per heavy atom. The van der Waals surface area contributed by atoms with Crippen molar-refractivity contribution in [3.63, 3.8) is 0 Å². The quantitative estimate of drug-likeness (QED) is 0.874. The van der Waals surface area contributed by atoms with Gasteiger partial charge in [-0.05, 0) is 47.7 Å². The molecule has 3 aliphatic rings. The predicted molar refractivity (Wildman–Crippen MR) is 87.8 cm³/mol. The van der Waals surface area contributed by atoms with Crippen molar-refractivity contribution in [2.75, 3.05) is 20.4 Å². The van der Waals surface area contributed by atoms with E-state index in [9.17, 15) is 5.11 Å². The number of ether oxygens (including phenoxy) is 3. The summed E-state index contributed by atoms with van der Waals surface area (Å²) >= 11 is 0. The van der Waals surface area contributed by atoms with Crippen LogP contribution in [0.1, 0.15) is 28.3 Å². The molecule has 0 aliphatic carbocycles. The molecular formula is C19H19NO4. The van der Waals surface area contributed by atoms with Crippen LogP contribution in [0.5, 0.6) is 23.0 Å². The van der Waals surface area contributed by atoms with Gasteiger partial charge >= 0.3 is 0 Å². The maximum absolute atomic E-state index is 10.5. The van der Waals surface area contributed by atoms with Crippen LogP contribution < -0.4 is 14.2 Å². The molecule has 5 heteroatoms. The zero-order chi connectivity index (χ0) is 16.3. The van der Waals surface area contributed by atoms with Crippen LogP contribution >= 0.6 is 0 Å². The summed E-state index contributed by atoms with van der Waals surface area (Å²) in [6, 6.07) is 8.53. The van der Waals surface area contributed by atoms with Gasteiger partial charge < -0.3 is 19.3 Å². The zero-order valence-corrected chi connectivity index (χ0v) is 13.5. The molecular weight excluding hydrogens is 306 g/mol. The Morgan fingerprint density at radius 2 is 2.00 bits per heavy atom. The number of nitrogens with zero attached hydrogens (tertiary/aromatic N) is 1. The lowest BCUT2D eigenvalue weighted by atomic mass is 9.83. The van der Waals surface area contributed by atoms with E-state index in [0.717, 1.165) is 43.0 Å². The van der Waals surface area contributed by atoms with Crippen LogP contribution in [-0.4, -0.2) is 30.5 Å². The molecule has 5 rings (SSSR count). The SMILES string of the molecule is COc1ccc2c(c1O)CN1CCc3cc4c(cc3[C@H]1C2)OCO4. The van der Waals surface area contributed by atoms with Crippen molar-refractivity contribution < 1.29 is 19.3 Å². The molecule has 0 amide bonds. The Kier molecular flexibility index (Phi) is 2.94. The molecule has 5 nitrogen and oxygen atoms in total. The molecule has 124 valence electrons. The molecule has 24 heavy (non-hydrogen) atoms. The van der Waals surface area contributed by atoms with E-state index in [0.29, 0.717) is 18.6 Å². The molecule has 0 radical (unpaired) electrons. The van der Waals surface area contributed by atoms with Gasteiger partial charge in [-0.2, -0.15) is 0 Å². The van der Waals surface area contributed by atoms with Crippen LogP contribution in [-0.2, 0) is 19.4 Å². The molecule has 2 aromatic rings. The van der Waals surface area contributed by atoms with Gasteiger partial charge in [0.1, 0.15) is 0 Å². The van der Waals surface area contributed by atoms with E-state index in [1.807, 2.05) is 6.07 Å². The van der Waals surface area contributed by atoms with Crippen LogP contribution in [0.15, 0.2) is 24.3 Å². The van der Waals surface area contributed by atoms with Crippen molar-refractivity contribution in [2.45, 2.75) is 25.4 Å². The summed E-state index contributed by atoms with van der Waals surface area (Å²) in [6.45, 7) is 2.04. The predicted octanol–water partition coefficient (Wildman–Crippen LogP) is 2.79. The molecule has 0 saturated carbocycles. The number of rotatable bonds is 1. The van der Waals surface area contributed by atoms with Gasteiger partial charge in [-0.3, -0.25) is 4.90 Å². The number of hydrogen-bond donors (Lipinski definition) is 1. The maximum atomic E-state index is 10.5. The van der Waals surface area contributed by atoms with E-state index in [4.69, 9.17) is 14.2 Å². The topological polar surface area (TPSA) is 51.2 Å². The monoisotopic (exact) mass is 325 g/mol. The molecule has 0 aromatic heterocycles. The molecule has 0 unspecified atom stereocenters. The smallest absolute Gasteiger partial charge is 0.231 e. The summed E-state index contributed by atoms with van der Waals surface area (Å²) in [5.74, 6) is 2.54. The minimum Gasteiger partial charge on any atom is -0.504 e. The number of phenolic OH excluding ortho intramolecular Hbond substituents is 1. The minimum absolute atomic E-state index is 0.282. The minimum atomic E-state index is 0.282. The summed E-state index contributed by atoms with van der Waals surface area (Å²) in [5.41, 5.74) is 4.86. The highest BCUT2D eigenvalue weighted by atomic mass is 16.7. The summed E-state index contributed by atoms with van der Waals surface area (Å²) in [5, 5.41) is 10.5. The van der Waals surface area contributed by atoms with E-state index in [1.165, 1.54) is 16.7 Å². The van der Waals surface area contributed by atoms with E-state index in [1.54, 1.807) is 7.11 Å². The van der Waals surface area contributed by atoms with E-state index in [-0.39, 0.29) is 5.75 Å². The largest absolute Gasteiger partial charge is 0.504 e. The normalized spacial score (nSPS) is 21.0. The molecule has 1 atom stereocenters. The standard InChI is InChI=1S/C19H19NO4/c1-22-16-3-2-11-6-15-13-8-18-17(23-10-24-18)7-12(13)4-5-20(15)9-14(11)19(16)21/h2-3,7-8,15,21H,4-6,9-10H2,1H3/t15-/m1/s1. The molecule has 2 aromatic carbocycles. The first kappa shape index (κ1) is 14.0. The second-order valence-electron chi connectivity index (χ2n) is 6.60. The van der Waals surface area contributed by atoms with Crippen LogP contribution in [0.3, 0.4) is 0 Å². The Hall–Kier alpha value is -2.40. The van der Waals surface area contributed by atoms with Gasteiger partial charge in [0, 0.05) is 24.7 Å². The van der Waals surface area contributed by atoms with Crippen molar-refractivity contribution in [2.24, 2.45) is 0 Å². The Balaban J connectivity index is 1.57. The van der Waals surface area contributed by atoms with Gasteiger partial charge in [0.25, 0.3) is 0 Å². The third-order valence-corrected chi connectivity index (χ3v) is 5.44. The van der Waals surface area contributed by atoms with Crippen molar-refractivity contribution in [1.29, 1.82) is 0 Å². The lowest BCUT2D eigenvalue weighted by molar-refractivity contribution is 0.157. The highest BCUT2D eigenvalue weighted by molar-refractivity contribution is 5.54. The fourth-order valence-corrected chi connectivity index (χ4v) is 4.17. The highest BCUT2D eigenvalue weighted by Crippen LogP contribution is 2.46. The van der Waals surface area contributed by atoms with Crippen molar-refractivity contribution in [3.05, 3.63) is 46.5 Å². The Bertz CT molecular complexity index is 833. The Morgan fingerprint density at radius 1 is 1.17 bits per heavy atom. The third kappa shape index (κ3) is 1.91. The number of phenols is 1. The van der Waals surface area contributed by atoms with Crippen LogP contribution in [0.4, 0.5) is 0 Å². The second kappa shape index (κ2) is 5.05. The zero-order valence-electron chi connectivity index (χ0n) is 13.5. The lowest BCUT2D eigenvalue weighted by Gasteiger charge is -2.41. The summed E-state index contributed by atoms with van der Waals surface area (Å²) in [4.78, 5) is 2.44. The Labute approximate surface area is 140 Å². The van der Waals surface area contributed by atoms with Gasteiger partial charge in [0.15, 0.2) is 23.0 Å². The van der Waals surface area contributed by atoms with E-state index < -0.39 is 0 Å². The number of aromatic hydroxyl groups is 1. The summed E-state index contributed by atoms with van der Waals surface area (Å²) in [6.07, 6.45) is 1.88. The van der Waals surface area contributed by atoms with Crippen molar-refractivity contribution in [3.8, 4) is 23.0 Å². The molecule has 0 bridgehead atoms. The van der Waals surface area contributed by atoms with Gasteiger partial charge in [0.2, 0.25) is 6.79 Å². The van der Waals surface area contributed by atoms with Gasteiger partial charge in [-0.25, -0.2) is 0 Å².